The van der Waals surface area contributed by atoms with E-state index >= 15 is 0 Å². The van der Waals surface area contributed by atoms with Gasteiger partial charge in [0.25, 0.3) is 0 Å². The van der Waals surface area contributed by atoms with Crippen LogP contribution in [0.3, 0.4) is 0 Å². The number of aliphatic hydroxyl groups excluding tert-OH is 1. The van der Waals surface area contributed by atoms with Crippen molar-refractivity contribution >= 4 is 5.69 Å². The molecular formula is C20H26N2O2. The third-order valence-electron chi connectivity index (χ3n) is 4.64. The summed E-state index contributed by atoms with van der Waals surface area (Å²) in [5, 5.41) is 10.4. The molecule has 3 rings (SSSR count). The van der Waals surface area contributed by atoms with Gasteiger partial charge in [0.05, 0.1) is 13.2 Å². The number of β-amino-alcohol motifs (C(OH)–C–C–N with tert-alkyl or cyclic N) is 1. The quantitative estimate of drug-likeness (QED) is 0.916. The molecule has 0 bridgehead atoms. The van der Waals surface area contributed by atoms with E-state index in [4.69, 9.17) is 4.74 Å². The summed E-state index contributed by atoms with van der Waals surface area (Å²) in [4.78, 5) is 4.77. The summed E-state index contributed by atoms with van der Waals surface area (Å²) in [5.41, 5.74) is 2.23. The van der Waals surface area contributed by atoms with Crippen molar-refractivity contribution in [3.8, 4) is 5.75 Å². The van der Waals surface area contributed by atoms with Crippen LogP contribution in [0.4, 0.5) is 5.69 Å². The molecule has 1 fully saturated rings. The number of benzene rings is 2. The molecule has 0 aromatic heterocycles. The third kappa shape index (κ3) is 4.28. The summed E-state index contributed by atoms with van der Waals surface area (Å²) >= 11 is 0. The van der Waals surface area contributed by atoms with Crippen LogP contribution < -0.4 is 9.64 Å². The van der Waals surface area contributed by atoms with Gasteiger partial charge in [-0.2, -0.15) is 0 Å². The molecule has 128 valence electrons. The van der Waals surface area contributed by atoms with Gasteiger partial charge < -0.3 is 14.7 Å². The van der Waals surface area contributed by atoms with Crippen molar-refractivity contribution in [2.75, 3.05) is 44.7 Å². The Balaban J connectivity index is 1.56. The molecule has 2 aromatic carbocycles. The number of ether oxygens (including phenoxy) is 1. The van der Waals surface area contributed by atoms with Gasteiger partial charge in [-0.25, -0.2) is 0 Å². The van der Waals surface area contributed by atoms with Crippen LogP contribution >= 0.6 is 0 Å². The lowest BCUT2D eigenvalue weighted by molar-refractivity contribution is 0.117. The van der Waals surface area contributed by atoms with Crippen molar-refractivity contribution in [3.63, 3.8) is 0 Å². The van der Waals surface area contributed by atoms with E-state index in [-0.39, 0.29) is 0 Å². The van der Waals surface area contributed by atoms with E-state index in [1.54, 1.807) is 7.11 Å². The molecule has 1 aliphatic heterocycles. The predicted molar refractivity (Wildman–Crippen MR) is 97.7 cm³/mol. The fourth-order valence-electron chi connectivity index (χ4n) is 3.23. The molecule has 4 heteroatoms. The molecule has 2 aromatic rings. The van der Waals surface area contributed by atoms with Crippen molar-refractivity contribution in [2.24, 2.45) is 0 Å². The Labute approximate surface area is 144 Å². The molecule has 1 N–H and O–H groups in total. The lowest BCUT2D eigenvalue weighted by atomic mass is 10.1. The van der Waals surface area contributed by atoms with Gasteiger partial charge in [-0.3, -0.25) is 4.90 Å². The van der Waals surface area contributed by atoms with E-state index in [0.29, 0.717) is 6.54 Å². The predicted octanol–water partition coefficient (Wildman–Crippen LogP) is 2.94. The standard InChI is InChI=1S/C20H26N2O2/c1-24-19-10-8-18(9-11-19)22-13-5-12-21(14-15-22)16-20(23)17-6-3-2-4-7-17/h2-4,6-11,20,23H,5,12-16H2,1H3. The average Bonchev–Trinajstić information content (AvgIpc) is 2.88. The van der Waals surface area contributed by atoms with Crippen molar-refractivity contribution in [1.82, 2.24) is 4.90 Å². The number of anilines is 1. The minimum atomic E-state index is -0.418. The molecule has 1 atom stereocenters. The normalized spacial score (nSPS) is 17.3. The summed E-state index contributed by atoms with van der Waals surface area (Å²) < 4.78 is 5.23. The number of aliphatic hydroxyl groups is 1. The van der Waals surface area contributed by atoms with Gasteiger partial charge in [-0.1, -0.05) is 30.3 Å². The van der Waals surface area contributed by atoms with Crippen LogP contribution in [0.5, 0.6) is 5.75 Å². The minimum Gasteiger partial charge on any atom is -0.497 e. The summed E-state index contributed by atoms with van der Waals surface area (Å²) in [6.45, 7) is 4.71. The van der Waals surface area contributed by atoms with Crippen molar-refractivity contribution in [1.29, 1.82) is 0 Å². The average molecular weight is 326 g/mol. The molecule has 1 saturated heterocycles. The van der Waals surface area contributed by atoms with Gasteiger partial charge in [-0.15, -0.1) is 0 Å². The number of nitrogens with zero attached hydrogens (tertiary/aromatic N) is 2. The minimum absolute atomic E-state index is 0.418. The van der Waals surface area contributed by atoms with E-state index < -0.39 is 6.10 Å². The molecule has 0 radical (unpaired) electrons. The Kier molecular flexibility index (Phi) is 5.72. The van der Waals surface area contributed by atoms with Crippen LogP contribution in [0.25, 0.3) is 0 Å². The Morgan fingerprint density at radius 1 is 0.958 bits per heavy atom. The Bertz CT molecular complexity index is 615. The zero-order valence-corrected chi connectivity index (χ0v) is 14.3. The van der Waals surface area contributed by atoms with Crippen LogP contribution in [-0.2, 0) is 0 Å². The van der Waals surface area contributed by atoms with E-state index in [1.807, 2.05) is 42.5 Å². The molecule has 1 aliphatic rings. The molecule has 1 heterocycles. The largest absolute Gasteiger partial charge is 0.497 e. The van der Waals surface area contributed by atoms with E-state index in [1.165, 1.54) is 5.69 Å². The van der Waals surface area contributed by atoms with Crippen LogP contribution in [0.2, 0.25) is 0 Å². The van der Waals surface area contributed by atoms with Crippen LogP contribution in [-0.4, -0.2) is 49.8 Å². The number of hydrogen-bond donors (Lipinski definition) is 1. The monoisotopic (exact) mass is 326 g/mol. The lowest BCUT2D eigenvalue weighted by Crippen LogP contribution is -2.33. The first-order valence-corrected chi connectivity index (χ1v) is 8.60. The molecule has 0 saturated carbocycles. The highest BCUT2D eigenvalue weighted by Crippen LogP contribution is 2.21. The van der Waals surface area contributed by atoms with Gasteiger partial charge in [0.15, 0.2) is 0 Å². The van der Waals surface area contributed by atoms with Crippen LogP contribution in [0.15, 0.2) is 54.6 Å². The number of methoxy groups -OCH3 is 1. The van der Waals surface area contributed by atoms with Gasteiger partial charge >= 0.3 is 0 Å². The fraction of sp³-hybridized carbons (Fsp3) is 0.400. The topological polar surface area (TPSA) is 35.9 Å². The number of hydrogen-bond acceptors (Lipinski definition) is 4. The summed E-state index contributed by atoms with van der Waals surface area (Å²) in [5.74, 6) is 0.890. The van der Waals surface area contributed by atoms with Gasteiger partial charge in [-0.05, 0) is 36.2 Å². The highest BCUT2D eigenvalue weighted by atomic mass is 16.5. The first kappa shape index (κ1) is 16.8. The number of rotatable bonds is 5. The first-order valence-electron chi connectivity index (χ1n) is 8.60. The molecular weight excluding hydrogens is 300 g/mol. The van der Waals surface area contributed by atoms with E-state index in [0.717, 1.165) is 43.9 Å². The summed E-state index contributed by atoms with van der Waals surface area (Å²) in [6.07, 6.45) is 0.687. The maximum absolute atomic E-state index is 10.4. The summed E-state index contributed by atoms with van der Waals surface area (Å²) in [6, 6.07) is 18.2. The van der Waals surface area contributed by atoms with Crippen LogP contribution in [0, 0.1) is 0 Å². The second-order valence-electron chi connectivity index (χ2n) is 6.27. The second kappa shape index (κ2) is 8.18. The van der Waals surface area contributed by atoms with Crippen LogP contribution in [0.1, 0.15) is 18.1 Å². The second-order valence-corrected chi connectivity index (χ2v) is 6.27. The zero-order chi connectivity index (χ0) is 16.8. The van der Waals surface area contributed by atoms with Crippen molar-refractivity contribution < 1.29 is 9.84 Å². The SMILES string of the molecule is COc1ccc(N2CCCN(CC(O)c3ccccc3)CC2)cc1. The third-order valence-corrected chi connectivity index (χ3v) is 4.64. The maximum Gasteiger partial charge on any atom is 0.119 e. The van der Waals surface area contributed by atoms with E-state index in [9.17, 15) is 5.11 Å². The summed E-state index contributed by atoms with van der Waals surface area (Å²) in [7, 11) is 1.69. The lowest BCUT2D eigenvalue weighted by Gasteiger charge is -2.25. The van der Waals surface area contributed by atoms with Gasteiger partial charge in [0.1, 0.15) is 5.75 Å². The first-order chi connectivity index (χ1) is 11.8. The highest BCUT2D eigenvalue weighted by molar-refractivity contribution is 5.49. The zero-order valence-electron chi connectivity index (χ0n) is 14.3. The van der Waals surface area contributed by atoms with E-state index in [2.05, 4.69) is 21.9 Å². The molecule has 0 spiro atoms. The van der Waals surface area contributed by atoms with Gasteiger partial charge in [0, 0.05) is 38.4 Å². The Morgan fingerprint density at radius 3 is 2.42 bits per heavy atom. The smallest absolute Gasteiger partial charge is 0.119 e. The molecule has 1 unspecified atom stereocenters. The molecule has 4 nitrogen and oxygen atoms in total. The highest BCUT2D eigenvalue weighted by Gasteiger charge is 2.18. The fourth-order valence-corrected chi connectivity index (χ4v) is 3.23. The van der Waals surface area contributed by atoms with Crippen molar-refractivity contribution in [3.05, 3.63) is 60.2 Å². The molecule has 24 heavy (non-hydrogen) atoms. The maximum atomic E-state index is 10.4. The Morgan fingerprint density at radius 2 is 1.71 bits per heavy atom. The van der Waals surface area contributed by atoms with Crippen molar-refractivity contribution in [2.45, 2.75) is 12.5 Å². The molecule has 0 aliphatic carbocycles. The molecule has 0 amide bonds. The van der Waals surface area contributed by atoms with Gasteiger partial charge in [0.2, 0.25) is 0 Å². The Hall–Kier alpha value is -2.04.